The van der Waals surface area contributed by atoms with Crippen LogP contribution in [0.25, 0.3) is 77.8 Å². The number of H-pyrrole nitrogens is 2. The van der Waals surface area contributed by atoms with Crippen molar-refractivity contribution >= 4 is 52.1 Å². The van der Waals surface area contributed by atoms with Crippen LogP contribution in [0, 0.1) is 0 Å². The summed E-state index contributed by atoms with van der Waals surface area (Å²) in [5.41, 5.74) is 19.8. The zero-order valence-corrected chi connectivity index (χ0v) is 42.6. The number of fused-ring (bicyclic) bond motifs is 2. The van der Waals surface area contributed by atoms with Crippen LogP contribution in [0.5, 0.6) is 0 Å². The Morgan fingerprint density at radius 1 is 0.640 bits per heavy atom. The average molecular weight is 1020 g/mol. The minimum Gasteiger partial charge on any atom is -0.444 e. The highest BCUT2D eigenvalue weighted by Crippen LogP contribution is 2.44. The molecule has 0 spiro atoms. The Labute approximate surface area is 440 Å². The molecule has 6 heterocycles. The molecule has 16 heteroatoms. The number of nitrogens with two attached hydrogens (primary N) is 1. The van der Waals surface area contributed by atoms with Crippen molar-refractivity contribution in [2.45, 2.75) is 76.0 Å². The number of carbonyl (C=O) groups excluding carboxylic acids is 1. The smallest absolute Gasteiger partial charge is 0.444 e. The number of hydrogen-bond acceptors (Lipinski definition) is 11. The van der Waals surface area contributed by atoms with E-state index in [1.165, 1.54) is 24.4 Å². The number of aromatic amines is 2. The third-order valence-corrected chi connectivity index (χ3v) is 14.1. The molecule has 6 aromatic heterocycles. The van der Waals surface area contributed by atoms with E-state index < -0.39 is 12.7 Å². The van der Waals surface area contributed by atoms with Crippen molar-refractivity contribution in [3.8, 4) is 56.0 Å². The molecule has 12 rings (SSSR count). The number of amides is 1. The molecule has 2 aliphatic carbocycles. The molecule has 0 saturated heterocycles. The highest BCUT2D eigenvalue weighted by atomic mass is 35.5. The van der Waals surface area contributed by atoms with Crippen LogP contribution in [0.4, 0.5) is 4.79 Å². The van der Waals surface area contributed by atoms with Gasteiger partial charge in [0.05, 0.1) is 39.9 Å². The summed E-state index contributed by atoms with van der Waals surface area (Å²) >= 11 is 6.39. The van der Waals surface area contributed by atoms with Crippen molar-refractivity contribution in [2.24, 2.45) is 5.73 Å². The van der Waals surface area contributed by atoms with Gasteiger partial charge >= 0.3 is 13.2 Å². The number of ether oxygens (including phenoxy) is 1. The minimum atomic E-state index is -1.41. The summed E-state index contributed by atoms with van der Waals surface area (Å²) in [6, 6.07) is 45.6. The van der Waals surface area contributed by atoms with Crippen molar-refractivity contribution in [3.05, 3.63) is 187 Å². The maximum atomic E-state index is 12.5. The molecular weight excluding hydrogens is 959 g/mol. The first-order valence-electron chi connectivity index (χ1n) is 25.0. The number of carbonyl (C=O) groups is 1. The van der Waals surface area contributed by atoms with E-state index in [0.29, 0.717) is 10.6 Å². The van der Waals surface area contributed by atoms with Crippen molar-refractivity contribution in [2.75, 3.05) is 0 Å². The summed E-state index contributed by atoms with van der Waals surface area (Å²) in [7, 11) is -1.41. The van der Waals surface area contributed by atoms with Gasteiger partial charge in [0.25, 0.3) is 0 Å². The molecule has 0 bridgehead atoms. The Hall–Kier alpha value is -8.08. The third kappa shape index (κ3) is 11.1. The highest BCUT2D eigenvalue weighted by Gasteiger charge is 2.41. The molecule has 75 heavy (non-hydrogen) atoms. The van der Waals surface area contributed by atoms with Crippen molar-refractivity contribution in [1.82, 2.24) is 45.6 Å². The first-order chi connectivity index (χ1) is 36.3. The lowest BCUT2D eigenvalue weighted by atomic mass is 9.71. The second-order valence-electron chi connectivity index (χ2n) is 20.0. The van der Waals surface area contributed by atoms with Gasteiger partial charge in [-0.3, -0.25) is 15.2 Å². The molecular formula is C59H56BClN10O4. The Bertz CT molecular complexity index is 3550. The summed E-state index contributed by atoms with van der Waals surface area (Å²) in [4.78, 5) is 31.5. The lowest BCUT2D eigenvalue weighted by Crippen LogP contribution is -2.52. The maximum Gasteiger partial charge on any atom is 0.491 e. The van der Waals surface area contributed by atoms with Crippen LogP contribution >= 0.6 is 11.6 Å². The Balaban J connectivity index is 0.000000149. The van der Waals surface area contributed by atoms with Crippen LogP contribution in [-0.4, -0.2) is 69.2 Å². The van der Waals surface area contributed by atoms with E-state index in [2.05, 4.69) is 133 Å². The lowest BCUT2D eigenvalue weighted by molar-refractivity contribution is 0.0377. The molecule has 0 unspecified atom stereocenters. The van der Waals surface area contributed by atoms with Crippen molar-refractivity contribution in [1.29, 1.82) is 0 Å². The van der Waals surface area contributed by atoms with Gasteiger partial charge in [0.2, 0.25) is 0 Å². The number of halogens is 1. The van der Waals surface area contributed by atoms with E-state index in [1.807, 2.05) is 69.6 Å². The molecule has 10 aromatic rings. The van der Waals surface area contributed by atoms with Crippen molar-refractivity contribution < 1.29 is 19.6 Å². The number of hydrogen-bond donors (Lipinski definition) is 6. The van der Waals surface area contributed by atoms with Crippen LogP contribution in [0.3, 0.4) is 0 Å². The molecule has 0 aliphatic heterocycles. The maximum absolute atomic E-state index is 12.5. The second-order valence-corrected chi connectivity index (χ2v) is 20.4. The number of alkyl carbamates (subject to hydrolysis) is 1. The molecule has 376 valence electrons. The number of nitrogens with one attached hydrogen (secondary N) is 3. The summed E-state index contributed by atoms with van der Waals surface area (Å²) in [5.74, 6) is 0. The largest absolute Gasteiger partial charge is 0.491 e. The molecule has 0 radical (unpaired) electrons. The zero-order valence-electron chi connectivity index (χ0n) is 41.8. The molecule has 2 saturated carbocycles. The van der Waals surface area contributed by atoms with Gasteiger partial charge in [-0.05, 0) is 106 Å². The zero-order chi connectivity index (χ0) is 52.2. The van der Waals surface area contributed by atoms with Crippen molar-refractivity contribution in [3.63, 3.8) is 0 Å². The van der Waals surface area contributed by atoms with Gasteiger partial charge in [0, 0.05) is 80.6 Å². The van der Waals surface area contributed by atoms with E-state index in [1.54, 1.807) is 12.4 Å². The number of rotatable bonds is 9. The Kier molecular flexibility index (Phi) is 14.4. The fourth-order valence-electron chi connectivity index (χ4n) is 9.56. The van der Waals surface area contributed by atoms with E-state index in [4.69, 9.17) is 42.1 Å². The summed E-state index contributed by atoms with van der Waals surface area (Å²) < 4.78 is 5.52. The lowest BCUT2D eigenvalue weighted by Gasteiger charge is -2.43. The van der Waals surface area contributed by atoms with Crippen LogP contribution in [-0.2, 0) is 15.8 Å². The predicted octanol–water partition coefficient (Wildman–Crippen LogP) is 11.3. The molecule has 4 aromatic carbocycles. The number of nitrogens with zero attached hydrogens (tertiary/aromatic N) is 6. The highest BCUT2D eigenvalue weighted by molar-refractivity contribution is 6.58. The molecule has 2 fully saturated rings. The first-order valence-corrected chi connectivity index (χ1v) is 25.4. The average Bonchev–Trinajstić information content (AvgIpc) is 4.17. The Morgan fingerprint density at radius 3 is 1.65 bits per heavy atom. The standard InChI is InChI=1S/C29H28ClN3O2.C27H23N5.C3H5BN2O2/c1-28(2,3)35-27(34)33-29(15-7-16-29)21-12-10-20(11-13-21)25-22(19-8-5-4-6-9-19)18-23-24(32-25)14-17-31-26(23)30;28-27(12-4-13-27)21-9-7-19(8-10-21)26-22(18-5-2-1-3-6-18)15-23-24(32-26)11-14-29-25(23)20-16-30-31-17-20;7-4(8)3-1-5-6-2-3/h4-6,8-14,17-18H,7,15-16H2,1-3H3,(H,33,34);1-3,5-11,14-17H,4,12-13,28H2,(H,30,31);1-2,7-8H,(H,5,6). The van der Waals surface area contributed by atoms with Gasteiger partial charge < -0.3 is 25.8 Å². The van der Waals surface area contributed by atoms with E-state index >= 15 is 0 Å². The minimum absolute atomic E-state index is 0.164. The van der Waals surface area contributed by atoms with Gasteiger partial charge in [-0.25, -0.2) is 19.7 Å². The van der Waals surface area contributed by atoms with Gasteiger partial charge in [0.1, 0.15) is 10.8 Å². The topological polar surface area (TPSA) is 214 Å². The molecule has 1 amide bonds. The number of aromatic nitrogens is 8. The van der Waals surface area contributed by atoms with E-state index in [0.717, 1.165) is 115 Å². The van der Waals surface area contributed by atoms with Gasteiger partial charge in [-0.1, -0.05) is 121 Å². The van der Waals surface area contributed by atoms with Crippen LogP contribution in [0.15, 0.2) is 171 Å². The van der Waals surface area contributed by atoms with Crippen LogP contribution < -0.4 is 16.5 Å². The number of pyridine rings is 4. The van der Waals surface area contributed by atoms with Crippen LogP contribution in [0.1, 0.15) is 70.4 Å². The monoisotopic (exact) mass is 1010 g/mol. The predicted molar refractivity (Wildman–Crippen MR) is 296 cm³/mol. The molecule has 0 atom stereocenters. The first kappa shape index (κ1) is 50.5. The second kappa shape index (κ2) is 21.4. The van der Waals surface area contributed by atoms with E-state index in [-0.39, 0.29) is 17.2 Å². The fourth-order valence-corrected chi connectivity index (χ4v) is 9.76. The quantitative estimate of drug-likeness (QED) is 0.0591. The number of benzene rings is 4. The molecule has 7 N–H and O–H groups in total. The Morgan fingerprint density at radius 2 is 1.17 bits per heavy atom. The molecule has 2 aliphatic rings. The van der Waals surface area contributed by atoms with E-state index in [9.17, 15) is 4.79 Å². The van der Waals surface area contributed by atoms with Crippen LogP contribution in [0.2, 0.25) is 5.15 Å². The SMILES string of the molecule is CC(C)(C)OC(=O)NC1(c2ccc(-c3nc4ccnc(Cl)c4cc3-c3ccccc3)cc2)CCC1.NC1(c2ccc(-c3nc4ccnc(-c5cn[nH]c5)c4cc3-c3ccccc3)cc2)CCC1.OB(O)c1cn[nH]c1. The van der Waals surface area contributed by atoms with Gasteiger partial charge in [-0.15, -0.1) is 0 Å². The summed E-state index contributed by atoms with van der Waals surface area (Å²) in [6.45, 7) is 5.62. The molecule has 14 nitrogen and oxygen atoms in total. The summed E-state index contributed by atoms with van der Waals surface area (Å²) in [6.07, 6.45) is 15.7. The normalized spacial score (nSPS) is 14.3. The van der Waals surface area contributed by atoms with Gasteiger partial charge in [0.15, 0.2) is 0 Å². The summed E-state index contributed by atoms with van der Waals surface area (Å²) in [5, 5.41) is 35.1. The third-order valence-electron chi connectivity index (χ3n) is 13.8. The fraction of sp³-hybridized carbons (Fsp3) is 0.203. The van der Waals surface area contributed by atoms with Gasteiger partial charge in [-0.2, -0.15) is 10.2 Å².